The molecule has 3 rings (SSSR count). The summed E-state index contributed by atoms with van der Waals surface area (Å²) >= 11 is 6.21. The zero-order valence-corrected chi connectivity index (χ0v) is 13.0. The molecule has 1 aromatic heterocycles. The van der Waals surface area contributed by atoms with Crippen LogP contribution in [0.2, 0.25) is 5.02 Å². The molecule has 2 aromatic carbocycles. The predicted molar refractivity (Wildman–Crippen MR) is 89.0 cm³/mol. The van der Waals surface area contributed by atoms with Crippen LogP contribution >= 0.6 is 11.6 Å². The van der Waals surface area contributed by atoms with E-state index < -0.39 is 0 Å². The molecule has 0 aliphatic heterocycles. The van der Waals surface area contributed by atoms with E-state index in [-0.39, 0.29) is 0 Å². The van der Waals surface area contributed by atoms with Gasteiger partial charge in [-0.2, -0.15) is 0 Å². The maximum atomic E-state index is 6.21. The van der Waals surface area contributed by atoms with E-state index >= 15 is 0 Å². The standard InChI is InChI=1S/C17H16ClN3/c1-10-4-7-15-13(8-10)17(19-3)21-16(20-15)12-6-5-11(2)14(18)9-12/h4-9H,1-3H3,(H,19,20,21). The molecule has 1 N–H and O–H groups in total. The molecule has 3 nitrogen and oxygen atoms in total. The molecule has 0 amide bonds. The quantitative estimate of drug-likeness (QED) is 0.750. The first-order valence-electron chi connectivity index (χ1n) is 6.81. The van der Waals surface area contributed by atoms with Gasteiger partial charge in [-0.3, -0.25) is 0 Å². The van der Waals surface area contributed by atoms with Crippen LogP contribution in [0.1, 0.15) is 11.1 Å². The molecule has 21 heavy (non-hydrogen) atoms. The Morgan fingerprint density at radius 1 is 1.00 bits per heavy atom. The van der Waals surface area contributed by atoms with Gasteiger partial charge in [0.25, 0.3) is 0 Å². The van der Waals surface area contributed by atoms with Gasteiger partial charge in [0, 0.05) is 23.0 Å². The van der Waals surface area contributed by atoms with Crippen molar-refractivity contribution in [1.29, 1.82) is 0 Å². The number of anilines is 1. The van der Waals surface area contributed by atoms with Gasteiger partial charge in [-0.15, -0.1) is 0 Å². The van der Waals surface area contributed by atoms with Gasteiger partial charge in [0.1, 0.15) is 5.82 Å². The minimum absolute atomic E-state index is 0.678. The van der Waals surface area contributed by atoms with Crippen LogP contribution < -0.4 is 5.32 Å². The Bertz CT molecular complexity index is 828. The largest absolute Gasteiger partial charge is 0.373 e. The lowest BCUT2D eigenvalue weighted by Gasteiger charge is -2.09. The number of hydrogen-bond donors (Lipinski definition) is 1. The third-order valence-corrected chi connectivity index (χ3v) is 3.93. The summed E-state index contributed by atoms with van der Waals surface area (Å²) in [4.78, 5) is 9.28. The highest BCUT2D eigenvalue weighted by Gasteiger charge is 2.09. The second kappa shape index (κ2) is 5.34. The van der Waals surface area contributed by atoms with E-state index in [1.54, 1.807) is 0 Å². The third-order valence-electron chi connectivity index (χ3n) is 3.52. The Morgan fingerprint density at radius 2 is 1.81 bits per heavy atom. The predicted octanol–water partition coefficient (Wildman–Crippen LogP) is 4.61. The van der Waals surface area contributed by atoms with Crippen molar-refractivity contribution in [2.75, 3.05) is 12.4 Å². The topological polar surface area (TPSA) is 37.8 Å². The summed E-state index contributed by atoms with van der Waals surface area (Å²) in [5.41, 5.74) is 4.08. The van der Waals surface area contributed by atoms with Gasteiger partial charge in [-0.25, -0.2) is 9.97 Å². The van der Waals surface area contributed by atoms with E-state index in [0.717, 1.165) is 32.9 Å². The van der Waals surface area contributed by atoms with Crippen LogP contribution in [0.5, 0.6) is 0 Å². The molecule has 0 saturated heterocycles. The highest BCUT2D eigenvalue weighted by Crippen LogP contribution is 2.27. The maximum absolute atomic E-state index is 6.21. The first-order chi connectivity index (χ1) is 10.1. The summed E-state index contributed by atoms with van der Waals surface area (Å²) in [6.45, 7) is 4.04. The molecule has 0 atom stereocenters. The Morgan fingerprint density at radius 3 is 2.52 bits per heavy atom. The van der Waals surface area contributed by atoms with Gasteiger partial charge in [0.2, 0.25) is 0 Å². The molecule has 0 aliphatic carbocycles. The molecule has 0 aliphatic rings. The Kier molecular flexibility index (Phi) is 3.52. The minimum atomic E-state index is 0.678. The number of fused-ring (bicyclic) bond motifs is 1. The summed E-state index contributed by atoms with van der Waals surface area (Å²) in [7, 11) is 1.87. The van der Waals surface area contributed by atoms with Gasteiger partial charge in [-0.05, 0) is 37.6 Å². The van der Waals surface area contributed by atoms with Crippen molar-refractivity contribution in [3.63, 3.8) is 0 Å². The molecule has 0 fully saturated rings. The molecule has 1 heterocycles. The SMILES string of the molecule is CNc1nc(-c2ccc(C)c(Cl)c2)nc2ccc(C)cc12. The number of halogens is 1. The summed E-state index contributed by atoms with van der Waals surface area (Å²) in [6.07, 6.45) is 0. The third kappa shape index (κ3) is 2.57. The molecule has 0 radical (unpaired) electrons. The van der Waals surface area contributed by atoms with Crippen molar-refractivity contribution in [3.8, 4) is 11.4 Å². The zero-order chi connectivity index (χ0) is 15.0. The van der Waals surface area contributed by atoms with Gasteiger partial charge in [-0.1, -0.05) is 35.4 Å². The van der Waals surface area contributed by atoms with E-state index in [1.807, 2.05) is 38.2 Å². The van der Waals surface area contributed by atoms with E-state index in [1.165, 1.54) is 5.56 Å². The normalized spacial score (nSPS) is 10.9. The number of nitrogens with zero attached hydrogens (tertiary/aromatic N) is 2. The van der Waals surface area contributed by atoms with Crippen LogP contribution in [0, 0.1) is 13.8 Å². The average molecular weight is 298 g/mol. The lowest BCUT2D eigenvalue weighted by molar-refractivity contribution is 1.21. The average Bonchev–Trinajstić information content (AvgIpc) is 2.49. The number of hydrogen-bond acceptors (Lipinski definition) is 3. The molecular weight excluding hydrogens is 282 g/mol. The molecule has 106 valence electrons. The van der Waals surface area contributed by atoms with Crippen LogP contribution in [-0.2, 0) is 0 Å². The van der Waals surface area contributed by atoms with E-state index in [4.69, 9.17) is 11.6 Å². The van der Waals surface area contributed by atoms with Crippen molar-refractivity contribution in [1.82, 2.24) is 9.97 Å². The van der Waals surface area contributed by atoms with E-state index in [0.29, 0.717) is 5.82 Å². The fraction of sp³-hybridized carbons (Fsp3) is 0.176. The minimum Gasteiger partial charge on any atom is -0.373 e. The fourth-order valence-electron chi connectivity index (χ4n) is 2.29. The van der Waals surface area contributed by atoms with Crippen LogP contribution in [-0.4, -0.2) is 17.0 Å². The molecule has 0 bridgehead atoms. The Hall–Kier alpha value is -2.13. The number of aryl methyl sites for hydroxylation is 2. The molecule has 3 aromatic rings. The van der Waals surface area contributed by atoms with Crippen molar-refractivity contribution < 1.29 is 0 Å². The Balaban J connectivity index is 2.23. The van der Waals surface area contributed by atoms with Gasteiger partial charge < -0.3 is 5.32 Å². The summed E-state index contributed by atoms with van der Waals surface area (Å²) in [6, 6.07) is 12.1. The number of nitrogens with one attached hydrogen (secondary N) is 1. The van der Waals surface area contributed by atoms with Crippen molar-refractivity contribution in [2.45, 2.75) is 13.8 Å². The summed E-state index contributed by atoms with van der Waals surface area (Å²) < 4.78 is 0. The van der Waals surface area contributed by atoms with Crippen LogP contribution in [0.3, 0.4) is 0 Å². The molecule has 0 saturated carbocycles. The molecule has 0 unspecified atom stereocenters. The second-order valence-corrected chi connectivity index (χ2v) is 5.54. The number of benzene rings is 2. The molecular formula is C17H16ClN3. The smallest absolute Gasteiger partial charge is 0.162 e. The van der Waals surface area contributed by atoms with E-state index in [2.05, 4.69) is 34.3 Å². The first kappa shape index (κ1) is 13.8. The zero-order valence-electron chi connectivity index (χ0n) is 12.2. The highest BCUT2D eigenvalue weighted by molar-refractivity contribution is 6.31. The van der Waals surface area contributed by atoms with E-state index in [9.17, 15) is 0 Å². The van der Waals surface area contributed by atoms with Gasteiger partial charge >= 0.3 is 0 Å². The van der Waals surface area contributed by atoms with Crippen LogP contribution in [0.25, 0.3) is 22.3 Å². The molecule has 0 spiro atoms. The lowest BCUT2D eigenvalue weighted by Crippen LogP contribution is -1.99. The Labute approximate surface area is 129 Å². The summed E-state index contributed by atoms with van der Waals surface area (Å²) in [5, 5.41) is 4.90. The fourth-order valence-corrected chi connectivity index (χ4v) is 2.47. The maximum Gasteiger partial charge on any atom is 0.162 e. The summed E-state index contributed by atoms with van der Waals surface area (Å²) in [5.74, 6) is 1.51. The van der Waals surface area contributed by atoms with Crippen molar-refractivity contribution >= 4 is 28.3 Å². The van der Waals surface area contributed by atoms with Crippen molar-refractivity contribution in [2.24, 2.45) is 0 Å². The van der Waals surface area contributed by atoms with Gasteiger partial charge in [0.05, 0.1) is 5.52 Å². The number of aromatic nitrogens is 2. The highest BCUT2D eigenvalue weighted by atomic mass is 35.5. The number of rotatable bonds is 2. The lowest BCUT2D eigenvalue weighted by atomic mass is 10.1. The first-order valence-corrected chi connectivity index (χ1v) is 7.19. The van der Waals surface area contributed by atoms with Crippen molar-refractivity contribution in [3.05, 3.63) is 52.5 Å². The second-order valence-electron chi connectivity index (χ2n) is 5.13. The monoisotopic (exact) mass is 297 g/mol. The van der Waals surface area contributed by atoms with Crippen LogP contribution in [0.15, 0.2) is 36.4 Å². The van der Waals surface area contributed by atoms with Crippen LogP contribution in [0.4, 0.5) is 5.82 Å². The molecule has 4 heteroatoms. The van der Waals surface area contributed by atoms with Gasteiger partial charge in [0.15, 0.2) is 5.82 Å².